The van der Waals surface area contributed by atoms with E-state index in [0.29, 0.717) is 44.2 Å². The summed E-state index contributed by atoms with van der Waals surface area (Å²) in [6.45, 7) is 2.23. The van der Waals surface area contributed by atoms with Crippen LogP contribution < -0.4 is 16.1 Å². The van der Waals surface area contributed by atoms with E-state index in [2.05, 4.69) is 44.7 Å². The number of aryl methyl sites for hydroxylation is 1. The molecule has 1 saturated heterocycles. The number of nitrogens with one attached hydrogen (secondary N) is 2. The Balaban J connectivity index is 1.37. The molecule has 0 atom stereocenters. The normalized spacial score (nSPS) is 14.9. The lowest BCUT2D eigenvalue weighted by molar-refractivity contribution is 0.264. The molecule has 2 aromatic carbocycles. The van der Waals surface area contributed by atoms with Crippen LogP contribution in [0.15, 0.2) is 59.7 Å². The van der Waals surface area contributed by atoms with Gasteiger partial charge in [0.25, 0.3) is 0 Å². The van der Waals surface area contributed by atoms with E-state index < -0.39 is 0 Å². The highest BCUT2D eigenvalue weighted by molar-refractivity contribution is 6.39. The zero-order valence-electron chi connectivity index (χ0n) is 19.6. The van der Waals surface area contributed by atoms with Gasteiger partial charge < -0.3 is 20.1 Å². The van der Waals surface area contributed by atoms with E-state index in [4.69, 9.17) is 23.2 Å². The first kappa shape index (κ1) is 23.6. The number of piperidine rings is 1. The Morgan fingerprint density at radius 1 is 0.971 bits per heavy atom. The molecule has 180 valence electrons. The third kappa shape index (κ3) is 4.98. The first-order valence-corrected chi connectivity index (χ1v) is 12.3. The zero-order valence-corrected chi connectivity index (χ0v) is 21.1. The molecule has 0 unspecified atom stereocenters. The number of rotatable bonds is 5. The standard InChI is InChI=1S/C26H26Cl2N6O/c1-33-12-10-18(11-13-33)30-16-6-8-17(9-7-16)31-26-29-14-19-24(35)20(15-34(2)25(19)32-26)23-21(27)4-3-5-22(23)28/h3-9,14-15,18,30H,10-13H2,1-2H3,(H,29,31,32). The number of hydrogen-bond donors (Lipinski definition) is 2. The van der Waals surface area contributed by atoms with Crippen LogP contribution in [0.5, 0.6) is 0 Å². The van der Waals surface area contributed by atoms with Crippen molar-refractivity contribution in [1.82, 2.24) is 19.4 Å². The molecule has 9 heteroatoms. The van der Waals surface area contributed by atoms with E-state index in [0.717, 1.165) is 37.3 Å². The van der Waals surface area contributed by atoms with Crippen molar-refractivity contribution >= 4 is 51.6 Å². The van der Waals surface area contributed by atoms with Crippen LogP contribution in [0.4, 0.5) is 17.3 Å². The van der Waals surface area contributed by atoms with Crippen molar-refractivity contribution < 1.29 is 0 Å². The maximum Gasteiger partial charge on any atom is 0.229 e. The van der Waals surface area contributed by atoms with Crippen molar-refractivity contribution in [2.24, 2.45) is 7.05 Å². The quantitative estimate of drug-likeness (QED) is 0.368. The lowest BCUT2D eigenvalue weighted by Crippen LogP contribution is -2.36. The monoisotopic (exact) mass is 508 g/mol. The Morgan fingerprint density at radius 2 is 1.63 bits per heavy atom. The molecule has 0 amide bonds. The summed E-state index contributed by atoms with van der Waals surface area (Å²) < 4.78 is 1.78. The summed E-state index contributed by atoms with van der Waals surface area (Å²) in [4.78, 5) is 24.6. The van der Waals surface area contributed by atoms with Crippen molar-refractivity contribution in [2.45, 2.75) is 18.9 Å². The van der Waals surface area contributed by atoms with Gasteiger partial charge in [-0.1, -0.05) is 29.3 Å². The van der Waals surface area contributed by atoms with Gasteiger partial charge in [-0.2, -0.15) is 4.98 Å². The summed E-state index contributed by atoms with van der Waals surface area (Å²) in [5, 5.41) is 8.07. The molecule has 35 heavy (non-hydrogen) atoms. The molecule has 0 saturated carbocycles. The predicted molar refractivity (Wildman–Crippen MR) is 144 cm³/mol. The van der Waals surface area contributed by atoms with Gasteiger partial charge in [-0.15, -0.1) is 0 Å². The number of aromatic nitrogens is 3. The molecule has 4 aromatic rings. The van der Waals surface area contributed by atoms with E-state index in [1.807, 2.05) is 19.2 Å². The number of anilines is 3. The summed E-state index contributed by atoms with van der Waals surface area (Å²) in [5.41, 5.74) is 3.17. The van der Waals surface area contributed by atoms with Crippen LogP contribution in [0.1, 0.15) is 12.8 Å². The summed E-state index contributed by atoms with van der Waals surface area (Å²) in [5.74, 6) is 0.409. The average Bonchev–Trinajstić information content (AvgIpc) is 2.85. The fourth-order valence-corrected chi connectivity index (χ4v) is 5.02. The van der Waals surface area contributed by atoms with Crippen LogP contribution in [-0.2, 0) is 7.05 Å². The van der Waals surface area contributed by atoms with Crippen molar-refractivity contribution in [1.29, 1.82) is 0 Å². The van der Waals surface area contributed by atoms with Crippen LogP contribution in [0.25, 0.3) is 22.2 Å². The highest BCUT2D eigenvalue weighted by atomic mass is 35.5. The number of benzene rings is 2. The Hall–Kier alpha value is -3.13. The molecule has 1 aliphatic heterocycles. The fourth-order valence-electron chi connectivity index (χ4n) is 4.42. The number of fused-ring (bicyclic) bond motifs is 1. The van der Waals surface area contributed by atoms with E-state index in [9.17, 15) is 4.79 Å². The van der Waals surface area contributed by atoms with Crippen molar-refractivity contribution in [3.8, 4) is 11.1 Å². The van der Waals surface area contributed by atoms with Crippen molar-refractivity contribution in [3.63, 3.8) is 0 Å². The van der Waals surface area contributed by atoms with Gasteiger partial charge in [-0.3, -0.25) is 4.79 Å². The first-order chi connectivity index (χ1) is 16.9. The summed E-state index contributed by atoms with van der Waals surface area (Å²) in [7, 11) is 3.99. The minimum atomic E-state index is -0.219. The molecule has 0 spiro atoms. The van der Waals surface area contributed by atoms with E-state index in [1.165, 1.54) is 6.20 Å². The summed E-state index contributed by atoms with van der Waals surface area (Å²) in [6.07, 6.45) is 5.53. The highest BCUT2D eigenvalue weighted by Crippen LogP contribution is 2.33. The van der Waals surface area contributed by atoms with Crippen molar-refractivity contribution in [3.05, 3.63) is 75.1 Å². The maximum absolute atomic E-state index is 13.2. The molecule has 5 rings (SSSR count). The van der Waals surface area contributed by atoms with Gasteiger partial charge in [0.15, 0.2) is 0 Å². The summed E-state index contributed by atoms with van der Waals surface area (Å²) >= 11 is 12.7. The van der Waals surface area contributed by atoms with Crippen LogP contribution in [-0.4, -0.2) is 45.6 Å². The molecule has 1 aliphatic rings. The van der Waals surface area contributed by atoms with Gasteiger partial charge in [-0.05, 0) is 69.4 Å². The summed E-state index contributed by atoms with van der Waals surface area (Å²) in [6, 6.07) is 13.8. The Bertz CT molecular complexity index is 1410. The molecule has 0 aliphatic carbocycles. The van der Waals surface area contributed by atoms with E-state index in [1.54, 1.807) is 29.0 Å². The van der Waals surface area contributed by atoms with Gasteiger partial charge in [-0.25, -0.2) is 4.98 Å². The van der Waals surface area contributed by atoms with E-state index >= 15 is 0 Å². The Kier molecular flexibility index (Phi) is 6.65. The second-order valence-corrected chi connectivity index (χ2v) is 9.75. The first-order valence-electron chi connectivity index (χ1n) is 11.5. The SMILES string of the molecule is CN1CCC(Nc2ccc(Nc3ncc4c(=O)c(-c5c(Cl)cccc5Cl)cn(C)c4n3)cc2)CC1. The minimum absolute atomic E-state index is 0.219. The molecule has 3 heterocycles. The molecule has 2 aromatic heterocycles. The second kappa shape index (κ2) is 9.85. The van der Waals surface area contributed by atoms with Gasteiger partial charge in [0.1, 0.15) is 5.65 Å². The predicted octanol–water partition coefficient (Wildman–Crippen LogP) is 5.55. The highest BCUT2D eigenvalue weighted by Gasteiger charge is 2.17. The van der Waals surface area contributed by atoms with E-state index in [-0.39, 0.29) is 5.43 Å². The number of likely N-dealkylation sites (tertiary alicyclic amines) is 1. The van der Waals surface area contributed by atoms with Gasteiger partial charge in [0.05, 0.1) is 15.4 Å². The van der Waals surface area contributed by atoms with Crippen LogP contribution >= 0.6 is 23.2 Å². The largest absolute Gasteiger partial charge is 0.382 e. The van der Waals surface area contributed by atoms with Crippen molar-refractivity contribution in [2.75, 3.05) is 30.8 Å². The number of hydrogen-bond acceptors (Lipinski definition) is 6. The third-order valence-electron chi connectivity index (χ3n) is 6.38. The van der Waals surface area contributed by atoms with Crippen LogP contribution in [0.2, 0.25) is 10.0 Å². The van der Waals surface area contributed by atoms with Gasteiger partial charge >= 0.3 is 0 Å². The second-order valence-electron chi connectivity index (χ2n) is 8.93. The minimum Gasteiger partial charge on any atom is -0.382 e. The lowest BCUT2D eigenvalue weighted by Gasteiger charge is -2.30. The average molecular weight is 509 g/mol. The number of nitrogens with zero attached hydrogens (tertiary/aromatic N) is 4. The Morgan fingerprint density at radius 3 is 2.31 bits per heavy atom. The molecule has 0 radical (unpaired) electrons. The number of halogens is 2. The van der Waals surface area contributed by atoms with Crippen LogP contribution in [0.3, 0.4) is 0 Å². The molecular weight excluding hydrogens is 483 g/mol. The fraction of sp³-hybridized carbons (Fsp3) is 0.269. The maximum atomic E-state index is 13.2. The molecule has 0 bridgehead atoms. The topological polar surface area (TPSA) is 75.1 Å². The molecular formula is C26H26Cl2N6O. The smallest absolute Gasteiger partial charge is 0.229 e. The van der Waals surface area contributed by atoms with Gasteiger partial charge in [0, 0.05) is 48.0 Å². The molecule has 7 nitrogen and oxygen atoms in total. The molecule has 1 fully saturated rings. The number of pyridine rings is 1. The third-order valence-corrected chi connectivity index (χ3v) is 7.01. The molecule has 2 N–H and O–H groups in total. The lowest BCUT2D eigenvalue weighted by atomic mass is 10.1. The van der Waals surface area contributed by atoms with Crippen LogP contribution in [0, 0.1) is 0 Å². The zero-order chi connectivity index (χ0) is 24.5. The van der Waals surface area contributed by atoms with Gasteiger partial charge in [0.2, 0.25) is 11.4 Å². The Labute approximate surface area is 213 Å².